The van der Waals surface area contributed by atoms with Gasteiger partial charge in [0.15, 0.2) is 0 Å². The zero-order valence-electron chi connectivity index (χ0n) is 26.0. The summed E-state index contributed by atoms with van der Waals surface area (Å²) in [5.74, 6) is -2.17. The molecule has 2 aromatic carbocycles. The summed E-state index contributed by atoms with van der Waals surface area (Å²) in [7, 11) is 0. The molecule has 7 nitrogen and oxygen atoms in total. The molecule has 0 aromatic heterocycles. The zero-order valence-corrected chi connectivity index (χ0v) is 26.8. The summed E-state index contributed by atoms with van der Waals surface area (Å²) in [6.45, 7) is 14.0. The summed E-state index contributed by atoms with van der Waals surface area (Å²) >= 11 is 1.62. The summed E-state index contributed by atoms with van der Waals surface area (Å²) < 4.78 is 4.91. The largest absolute Gasteiger partial charge is 0.465 e. The Morgan fingerprint density at radius 2 is 1.84 bits per heavy atom. The van der Waals surface area contributed by atoms with Crippen molar-refractivity contribution in [3.8, 4) is 0 Å². The Balaban J connectivity index is 1.61. The van der Waals surface area contributed by atoms with E-state index in [0.29, 0.717) is 19.3 Å². The van der Waals surface area contributed by atoms with Crippen LogP contribution >= 0.6 is 11.8 Å². The van der Waals surface area contributed by atoms with Crippen LogP contribution in [0, 0.1) is 31.6 Å². The summed E-state index contributed by atoms with van der Waals surface area (Å²) in [5, 5.41) is 10.7. The normalized spacial score (nSPS) is 27.6. The van der Waals surface area contributed by atoms with Crippen LogP contribution in [0.5, 0.6) is 0 Å². The molecule has 7 atom stereocenters. The number of anilines is 1. The molecule has 0 radical (unpaired) electrons. The van der Waals surface area contributed by atoms with Gasteiger partial charge in [0.2, 0.25) is 5.91 Å². The second-order valence-electron chi connectivity index (χ2n) is 12.4. The number of thioether (sulfide) groups is 1. The monoisotopic (exact) mass is 616 g/mol. The fraction of sp³-hybridized carbons (Fsp3) is 0.472. The van der Waals surface area contributed by atoms with Crippen molar-refractivity contribution in [1.82, 2.24) is 4.90 Å². The zero-order chi connectivity index (χ0) is 31.6. The van der Waals surface area contributed by atoms with Crippen molar-refractivity contribution in [3.63, 3.8) is 0 Å². The van der Waals surface area contributed by atoms with Crippen molar-refractivity contribution >= 4 is 35.2 Å². The van der Waals surface area contributed by atoms with Crippen LogP contribution in [0.25, 0.3) is 0 Å². The first-order valence-electron chi connectivity index (χ1n) is 15.6. The van der Waals surface area contributed by atoms with Crippen molar-refractivity contribution in [3.05, 3.63) is 90.5 Å². The van der Waals surface area contributed by atoms with Gasteiger partial charge in [0, 0.05) is 17.5 Å². The topological polar surface area (TPSA) is 87.1 Å². The predicted octanol–water partition coefficient (Wildman–Crippen LogP) is 5.27. The number of carbonyl (C=O) groups excluding carboxylic acids is 3. The van der Waals surface area contributed by atoms with Gasteiger partial charge in [-0.25, -0.2) is 0 Å². The maximum atomic E-state index is 15.1. The van der Waals surface area contributed by atoms with E-state index in [-0.39, 0.29) is 48.7 Å². The third-order valence-electron chi connectivity index (χ3n) is 9.69. The molecule has 5 rings (SSSR count). The number of aryl methyl sites for hydroxylation is 2. The average Bonchev–Trinajstić information content (AvgIpc) is 3.61. The van der Waals surface area contributed by atoms with Crippen LogP contribution in [0.4, 0.5) is 5.69 Å². The number of hydrogen-bond donors (Lipinski definition) is 1. The second kappa shape index (κ2) is 13.3. The lowest BCUT2D eigenvalue weighted by molar-refractivity contribution is -0.155. The highest BCUT2D eigenvalue weighted by Gasteiger charge is 2.77. The SMILES string of the molecule is C=CCCCOC(=O)[C@@H]1[C@H]2C(=O)N([C@@H](CO)Cc3ccccc3)C(C(=O)N(CC=C)c3c(C)cccc3C)C23S[C@@H]1CC3C. The highest BCUT2D eigenvalue weighted by atomic mass is 32.2. The van der Waals surface area contributed by atoms with Gasteiger partial charge in [-0.15, -0.1) is 24.9 Å². The molecule has 1 N–H and O–H groups in total. The van der Waals surface area contributed by atoms with Crippen molar-refractivity contribution in [2.24, 2.45) is 17.8 Å². The van der Waals surface area contributed by atoms with E-state index < -0.39 is 28.7 Å². The highest BCUT2D eigenvalue weighted by Crippen LogP contribution is 2.69. The number of nitrogens with zero attached hydrogens (tertiary/aromatic N) is 2. The molecule has 3 aliphatic heterocycles. The summed E-state index contributed by atoms with van der Waals surface area (Å²) in [5.41, 5.74) is 3.66. The number of carbonyl (C=O) groups is 3. The number of hydrogen-bond acceptors (Lipinski definition) is 6. The third kappa shape index (κ3) is 5.40. The number of para-hydroxylation sites is 1. The van der Waals surface area contributed by atoms with Crippen LogP contribution in [-0.4, -0.2) is 69.6 Å². The highest BCUT2D eigenvalue weighted by molar-refractivity contribution is 8.02. The predicted molar refractivity (Wildman–Crippen MR) is 175 cm³/mol. The van der Waals surface area contributed by atoms with E-state index in [9.17, 15) is 14.7 Å². The van der Waals surface area contributed by atoms with Crippen molar-refractivity contribution in [2.45, 2.75) is 68.5 Å². The molecule has 3 saturated heterocycles. The number of amides is 2. The number of likely N-dealkylation sites (tertiary alicyclic amines) is 1. The van der Waals surface area contributed by atoms with E-state index >= 15 is 4.79 Å². The first-order valence-corrected chi connectivity index (χ1v) is 16.5. The van der Waals surface area contributed by atoms with Gasteiger partial charge in [-0.05, 0) is 62.1 Å². The molecular weight excluding hydrogens is 572 g/mol. The molecule has 44 heavy (non-hydrogen) atoms. The Morgan fingerprint density at radius 1 is 1.14 bits per heavy atom. The van der Waals surface area contributed by atoms with Crippen molar-refractivity contribution < 1.29 is 24.2 Å². The Labute approximate surface area is 265 Å². The quantitative estimate of drug-likeness (QED) is 0.187. The molecule has 0 aliphatic carbocycles. The van der Waals surface area contributed by atoms with Gasteiger partial charge >= 0.3 is 5.97 Å². The molecule has 2 aromatic rings. The molecule has 2 bridgehead atoms. The van der Waals surface area contributed by atoms with Gasteiger partial charge < -0.3 is 19.6 Å². The minimum absolute atomic E-state index is 0.00478. The lowest BCUT2D eigenvalue weighted by Gasteiger charge is -2.42. The third-order valence-corrected chi connectivity index (χ3v) is 11.8. The lowest BCUT2D eigenvalue weighted by Crippen LogP contribution is -2.59. The van der Waals surface area contributed by atoms with E-state index in [1.54, 1.807) is 33.7 Å². The molecule has 3 unspecified atom stereocenters. The molecular formula is C36H44N2O5S. The summed E-state index contributed by atoms with van der Waals surface area (Å²) in [4.78, 5) is 46.9. The number of esters is 1. The average molecular weight is 617 g/mol. The molecule has 3 aliphatic rings. The number of aliphatic hydroxyl groups is 1. The lowest BCUT2D eigenvalue weighted by atomic mass is 9.66. The van der Waals surface area contributed by atoms with Crippen LogP contribution in [-0.2, 0) is 25.5 Å². The van der Waals surface area contributed by atoms with Crippen LogP contribution in [0.15, 0.2) is 73.8 Å². The number of aliphatic hydroxyl groups excluding tert-OH is 1. The Morgan fingerprint density at radius 3 is 2.48 bits per heavy atom. The molecule has 3 heterocycles. The van der Waals surface area contributed by atoms with Gasteiger partial charge in [-0.2, -0.15) is 0 Å². The van der Waals surface area contributed by atoms with Gasteiger partial charge in [0.05, 0.1) is 35.8 Å². The maximum Gasteiger partial charge on any atom is 0.310 e. The fourth-order valence-electron chi connectivity index (χ4n) is 7.83. The molecule has 234 valence electrons. The van der Waals surface area contributed by atoms with E-state index in [2.05, 4.69) is 20.1 Å². The number of fused-ring (bicyclic) bond motifs is 1. The number of allylic oxidation sites excluding steroid dienone is 1. The van der Waals surface area contributed by atoms with Crippen LogP contribution in [0.1, 0.15) is 42.9 Å². The Bertz CT molecular complexity index is 1390. The summed E-state index contributed by atoms with van der Waals surface area (Å²) in [6, 6.07) is 14.1. The van der Waals surface area contributed by atoms with Gasteiger partial charge in [0.1, 0.15) is 6.04 Å². The van der Waals surface area contributed by atoms with Crippen LogP contribution in [0.3, 0.4) is 0 Å². The molecule has 0 saturated carbocycles. The minimum Gasteiger partial charge on any atom is -0.465 e. The fourth-order valence-corrected chi connectivity index (χ4v) is 10.2. The smallest absolute Gasteiger partial charge is 0.310 e. The number of rotatable bonds is 13. The van der Waals surface area contributed by atoms with E-state index in [0.717, 1.165) is 28.8 Å². The molecule has 8 heteroatoms. The maximum absolute atomic E-state index is 15.1. The molecule has 1 spiro atoms. The Kier molecular flexibility index (Phi) is 9.71. The molecule has 2 amide bonds. The van der Waals surface area contributed by atoms with Gasteiger partial charge in [0.25, 0.3) is 5.91 Å². The van der Waals surface area contributed by atoms with Crippen molar-refractivity contribution in [2.75, 3.05) is 24.7 Å². The second-order valence-corrected chi connectivity index (χ2v) is 13.9. The van der Waals surface area contributed by atoms with Gasteiger partial charge in [-0.1, -0.05) is 67.6 Å². The number of unbranched alkanes of at least 4 members (excludes halogenated alkanes) is 1. The number of benzene rings is 2. The van der Waals surface area contributed by atoms with Crippen molar-refractivity contribution in [1.29, 1.82) is 0 Å². The van der Waals surface area contributed by atoms with Crippen LogP contribution < -0.4 is 4.90 Å². The van der Waals surface area contributed by atoms with E-state index in [1.807, 2.05) is 62.4 Å². The van der Waals surface area contributed by atoms with Crippen LogP contribution in [0.2, 0.25) is 0 Å². The first kappa shape index (κ1) is 32.0. The van der Waals surface area contributed by atoms with E-state index in [1.165, 1.54) is 0 Å². The Hall–Kier alpha value is -3.36. The summed E-state index contributed by atoms with van der Waals surface area (Å²) in [6.07, 6.45) is 6.01. The minimum atomic E-state index is -0.872. The first-order chi connectivity index (χ1) is 21.2. The number of ether oxygens (including phenoxy) is 1. The standard InChI is InChI=1S/C36H44N2O5S/c1-6-8-12-19-43-35(42)29-28-20-25(5)36(44-28)30(29)33(40)38(27(22-39)21-26-16-10-9-11-17-26)32(36)34(41)37(18-7-2)31-23(3)14-13-15-24(31)4/h6-7,9-11,13-17,25,27-30,32,39H,1-2,8,12,18-22H2,3-5H3/t25?,27-,28-,29+,30+,32?,36?/m1/s1. The van der Waals surface area contributed by atoms with E-state index in [4.69, 9.17) is 4.74 Å². The van der Waals surface area contributed by atoms with Gasteiger partial charge in [-0.3, -0.25) is 14.4 Å². The molecule has 3 fully saturated rings.